The Morgan fingerprint density at radius 1 is 1.12 bits per heavy atom. The molecule has 0 radical (unpaired) electrons. The van der Waals surface area contributed by atoms with Gasteiger partial charge >= 0.3 is 0 Å². The molecular weight excluding hydrogens is 298 g/mol. The van der Waals surface area contributed by atoms with Crippen molar-refractivity contribution in [2.45, 2.75) is 25.5 Å². The van der Waals surface area contributed by atoms with Gasteiger partial charge in [0.15, 0.2) is 5.78 Å². The summed E-state index contributed by atoms with van der Waals surface area (Å²) in [6.07, 6.45) is 2.60. The second kappa shape index (κ2) is 7.84. The monoisotopic (exact) mass is 319 g/mol. The normalized spacial score (nSPS) is 15.7. The number of carbonyl (C=O) groups is 1. The Labute approximate surface area is 142 Å². The van der Waals surface area contributed by atoms with Crippen molar-refractivity contribution in [3.63, 3.8) is 0 Å². The first kappa shape index (κ1) is 16.3. The molecule has 1 atom stereocenters. The van der Waals surface area contributed by atoms with Gasteiger partial charge in [-0.1, -0.05) is 61.2 Å². The third-order valence-electron chi connectivity index (χ3n) is 4.03. The quantitative estimate of drug-likeness (QED) is 0.511. The van der Waals surface area contributed by atoms with Crippen LogP contribution in [0.25, 0.3) is 0 Å². The fourth-order valence-corrected chi connectivity index (χ4v) is 2.61. The number of nitrogens with zero attached hydrogens (tertiary/aromatic N) is 1. The van der Waals surface area contributed by atoms with E-state index in [2.05, 4.69) is 48.0 Å². The van der Waals surface area contributed by atoms with Crippen molar-refractivity contribution in [1.82, 2.24) is 0 Å². The van der Waals surface area contributed by atoms with Crippen molar-refractivity contribution in [2.75, 3.05) is 6.61 Å². The molecule has 1 aliphatic heterocycles. The summed E-state index contributed by atoms with van der Waals surface area (Å²) < 4.78 is 5.60. The molecule has 1 heterocycles. The Morgan fingerprint density at radius 2 is 1.88 bits per heavy atom. The van der Waals surface area contributed by atoms with E-state index in [9.17, 15) is 4.79 Å². The van der Waals surface area contributed by atoms with Gasteiger partial charge in [-0.25, -0.2) is 0 Å². The zero-order valence-electron chi connectivity index (χ0n) is 13.7. The molecule has 24 heavy (non-hydrogen) atoms. The molecule has 2 aromatic carbocycles. The lowest BCUT2D eigenvalue weighted by Gasteiger charge is -2.04. The van der Waals surface area contributed by atoms with Crippen LogP contribution < -0.4 is 0 Å². The van der Waals surface area contributed by atoms with E-state index in [1.54, 1.807) is 0 Å². The van der Waals surface area contributed by atoms with Gasteiger partial charge in [0.1, 0.15) is 6.04 Å². The highest BCUT2D eigenvalue weighted by atomic mass is 16.5. The largest absolute Gasteiger partial charge is 0.377 e. The van der Waals surface area contributed by atoms with E-state index in [1.807, 2.05) is 18.2 Å². The molecule has 0 bridgehead atoms. The summed E-state index contributed by atoms with van der Waals surface area (Å²) in [5.74, 6) is 0.0705. The smallest absolute Gasteiger partial charge is 0.155 e. The Kier molecular flexibility index (Phi) is 5.34. The average molecular weight is 319 g/mol. The molecule has 3 nitrogen and oxygen atoms in total. The molecular formula is C21H21NO2. The van der Waals surface area contributed by atoms with Crippen LogP contribution in [0.15, 0.2) is 72.2 Å². The molecule has 1 unspecified atom stereocenters. The molecule has 0 fully saturated rings. The predicted octanol–water partition coefficient (Wildman–Crippen LogP) is 4.28. The fourth-order valence-electron chi connectivity index (χ4n) is 2.61. The molecule has 0 spiro atoms. The van der Waals surface area contributed by atoms with Crippen LogP contribution in [0, 0.1) is 0 Å². The molecule has 1 aliphatic rings. The Hall–Kier alpha value is -2.52. The third-order valence-corrected chi connectivity index (χ3v) is 4.03. The van der Waals surface area contributed by atoms with Gasteiger partial charge < -0.3 is 4.74 Å². The van der Waals surface area contributed by atoms with Crippen molar-refractivity contribution < 1.29 is 9.53 Å². The summed E-state index contributed by atoms with van der Waals surface area (Å²) in [6, 6.07) is 18.9. The lowest BCUT2D eigenvalue weighted by atomic mass is 10.0. The fraction of sp³-hybridized carbons (Fsp3) is 0.238. The van der Waals surface area contributed by atoms with Crippen LogP contribution in [0.3, 0.4) is 0 Å². The van der Waals surface area contributed by atoms with Gasteiger partial charge in [0, 0.05) is 13.0 Å². The zero-order valence-corrected chi connectivity index (χ0v) is 13.7. The summed E-state index contributed by atoms with van der Waals surface area (Å²) in [5, 5.41) is 0. The molecule has 3 heteroatoms. The minimum Gasteiger partial charge on any atom is -0.377 e. The zero-order chi connectivity index (χ0) is 16.8. The molecule has 3 rings (SSSR count). The van der Waals surface area contributed by atoms with E-state index >= 15 is 0 Å². The molecule has 0 amide bonds. The molecule has 2 aromatic rings. The van der Waals surface area contributed by atoms with Gasteiger partial charge in [-0.15, -0.1) is 0 Å². The van der Waals surface area contributed by atoms with E-state index in [0.29, 0.717) is 19.6 Å². The summed E-state index contributed by atoms with van der Waals surface area (Å²) >= 11 is 0. The third kappa shape index (κ3) is 4.27. The summed E-state index contributed by atoms with van der Waals surface area (Å²) in [7, 11) is 0. The topological polar surface area (TPSA) is 38.7 Å². The second-order valence-electron chi connectivity index (χ2n) is 5.85. The SMILES string of the molecule is C=CC(=O)CCCOCc1ccc(C2=NC2c2ccccc2)cc1. The van der Waals surface area contributed by atoms with Crippen molar-refractivity contribution >= 4 is 11.5 Å². The number of aliphatic imine (C=N–C) groups is 1. The number of hydrogen-bond donors (Lipinski definition) is 0. The Morgan fingerprint density at radius 3 is 2.58 bits per heavy atom. The minimum atomic E-state index is 0.0705. The molecule has 0 aromatic heterocycles. The number of ketones is 1. The van der Waals surface area contributed by atoms with Gasteiger partial charge in [-0.05, 0) is 29.2 Å². The van der Waals surface area contributed by atoms with Crippen LogP contribution in [0.4, 0.5) is 0 Å². The van der Waals surface area contributed by atoms with Gasteiger partial charge in [0.05, 0.1) is 12.3 Å². The van der Waals surface area contributed by atoms with E-state index in [0.717, 1.165) is 17.7 Å². The van der Waals surface area contributed by atoms with E-state index in [1.165, 1.54) is 17.2 Å². The first-order valence-electron chi connectivity index (χ1n) is 8.23. The van der Waals surface area contributed by atoms with E-state index in [4.69, 9.17) is 4.74 Å². The van der Waals surface area contributed by atoms with Crippen molar-refractivity contribution in [3.05, 3.63) is 83.9 Å². The minimum absolute atomic E-state index is 0.0705. The highest BCUT2D eigenvalue weighted by molar-refractivity contribution is 6.13. The van der Waals surface area contributed by atoms with Crippen LogP contribution >= 0.6 is 0 Å². The highest BCUT2D eigenvalue weighted by Crippen LogP contribution is 2.34. The summed E-state index contributed by atoms with van der Waals surface area (Å²) in [5.41, 5.74) is 4.70. The number of allylic oxidation sites excluding steroid dienone is 1. The highest BCUT2D eigenvalue weighted by Gasteiger charge is 2.30. The molecule has 0 aliphatic carbocycles. The number of hydrogen-bond acceptors (Lipinski definition) is 3. The molecule has 0 N–H and O–H groups in total. The van der Waals surface area contributed by atoms with E-state index < -0.39 is 0 Å². The van der Waals surface area contributed by atoms with Crippen LogP contribution in [0.5, 0.6) is 0 Å². The number of benzene rings is 2. The van der Waals surface area contributed by atoms with Crippen LogP contribution in [-0.2, 0) is 16.1 Å². The molecule has 0 saturated carbocycles. The predicted molar refractivity (Wildman–Crippen MR) is 96.3 cm³/mol. The van der Waals surface area contributed by atoms with Crippen LogP contribution in [0.1, 0.15) is 35.6 Å². The Bertz CT molecular complexity index is 732. The van der Waals surface area contributed by atoms with Crippen molar-refractivity contribution in [2.24, 2.45) is 4.99 Å². The number of ether oxygens (including phenoxy) is 1. The first-order chi connectivity index (χ1) is 11.8. The lowest BCUT2D eigenvalue weighted by Crippen LogP contribution is -2.00. The van der Waals surface area contributed by atoms with Gasteiger partial charge in [-0.3, -0.25) is 9.79 Å². The maximum atomic E-state index is 11.1. The van der Waals surface area contributed by atoms with Gasteiger partial charge in [0.2, 0.25) is 0 Å². The maximum Gasteiger partial charge on any atom is 0.155 e. The van der Waals surface area contributed by atoms with Crippen LogP contribution in [0.2, 0.25) is 0 Å². The van der Waals surface area contributed by atoms with Crippen molar-refractivity contribution in [1.29, 1.82) is 0 Å². The Balaban J connectivity index is 1.44. The summed E-state index contributed by atoms with van der Waals surface area (Å²) in [6.45, 7) is 4.61. The van der Waals surface area contributed by atoms with Gasteiger partial charge in [0.25, 0.3) is 0 Å². The number of carbonyl (C=O) groups excluding carboxylic acids is 1. The van der Waals surface area contributed by atoms with Gasteiger partial charge in [-0.2, -0.15) is 0 Å². The maximum absolute atomic E-state index is 11.1. The van der Waals surface area contributed by atoms with Crippen LogP contribution in [-0.4, -0.2) is 18.1 Å². The average Bonchev–Trinajstić information content (AvgIpc) is 3.43. The standard InChI is InChI=1S/C21H21NO2/c1-2-19(23)9-6-14-24-15-16-10-12-18(13-11-16)21-20(22-21)17-7-4-3-5-8-17/h2-5,7-8,10-13,20H,1,6,9,14-15H2. The molecule has 0 saturated heterocycles. The van der Waals surface area contributed by atoms with E-state index in [-0.39, 0.29) is 11.8 Å². The van der Waals surface area contributed by atoms with Crippen molar-refractivity contribution in [3.8, 4) is 0 Å². The number of rotatable bonds is 9. The summed E-state index contributed by atoms with van der Waals surface area (Å²) in [4.78, 5) is 15.7. The second-order valence-corrected chi connectivity index (χ2v) is 5.85. The first-order valence-corrected chi connectivity index (χ1v) is 8.23. The lowest BCUT2D eigenvalue weighted by molar-refractivity contribution is -0.114. The molecule has 122 valence electrons.